The minimum absolute atomic E-state index is 0.300. The Hall–Kier alpha value is -3.89. The predicted molar refractivity (Wildman–Crippen MR) is 140 cm³/mol. The SMILES string of the molecule is NC(CNc1nc(-c2ccc(F)c(F)c2)c(-c2ccc3cnccc3c2)s1)Cc1ccc(C(F)(F)F)cc1. The number of halogens is 5. The van der Waals surface area contributed by atoms with Gasteiger partial charge in [-0.05, 0) is 65.4 Å². The maximum absolute atomic E-state index is 14.1. The number of hydrogen-bond acceptors (Lipinski definition) is 5. The lowest BCUT2D eigenvalue weighted by Crippen LogP contribution is -2.31. The van der Waals surface area contributed by atoms with Gasteiger partial charge in [-0.1, -0.05) is 35.6 Å². The van der Waals surface area contributed by atoms with Crippen molar-refractivity contribution in [1.29, 1.82) is 0 Å². The van der Waals surface area contributed by atoms with Crippen LogP contribution in [0.1, 0.15) is 11.1 Å². The average Bonchev–Trinajstić information content (AvgIpc) is 3.33. The molecule has 0 spiro atoms. The normalized spacial score (nSPS) is 12.6. The van der Waals surface area contributed by atoms with Crippen LogP contribution in [0.5, 0.6) is 0 Å². The molecule has 38 heavy (non-hydrogen) atoms. The van der Waals surface area contributed by atoms with Crippen LogP contribution >= 0.6 is 11.3 Å². The zero-order valence-electron chi connectivity index (χ0n) is 19.8. The molecule has 5 aromatic rings. The van der Waals surface area contributed by atoms with E-state index >= 15 is 0 Å². The lowest BCUT2D eigenvalue weighted by atomic mass is 10.0. The largest absolute Gasteiger partial charge is 0.416 e. The predicted octanol–water partition coefficient (Wildman–Crippen LogP) is 7.30. The van der Waals surface area contributed by atoms with Crippen LogP contribution in [0.2, 0.25) is 0 Å². The van der Waals surface area contributed by atoms with Crippen molar-refractivity contribution in [2.45, 2.75) is 18.6 Å². The molecule has 2 heterocycles. The summed E-state index contributed by atoms with van der Waals surface area (Å²) in [5.41, 5.74) is 7.97. The molecule has 1 unspecified atom stereocenters. The van der Waals surface area contributed by atoms with Crippen molar-refractivity contribution < 1.29 is 22.0 Å². The summed E-state index contributed by atoms with van der Waals surface area (Å²) >= 11 is 1.34. The second-order valence-corrected chi connectivity index (χ2v) is 9.80. The molecule has 0 fully saturated rings. The molecule has 10 heteroatoms. The molecular formula is C28H21F5N4S. The molecule has 0 aliphatic heterocycles. The van der Waals surface area contributed by atoms with Crippen molar-refractivity contribution in [2.24, 2.45) is 5.73 Å². The van der Waals surface area contributed by atoms with E-state index in [4.69, 9.17) is 5.73 Å². The van der Waals surface area contributed by atoms with E-state index in [0.29, 0.717) is 34.9 Å². The molecule has 1 atom stereocenters. The van der Waals surface area contributed by atoms with Gasteiger partial charge in [-0.3, -0.25) is 4.98 Å². The molecule has 4 nitrogen and oxygen atoms in total. The second-order valence-electron chi connectivity index (χ2n) is 8.80. The van der Waals surface area contributed by atoms with Crippen molar-refractivity contribution in [3.8, 4) is 21.7 Å². The molecule has 0 amide bonds. The van der Waals surface area contributed by atoms with E-state index in [1.807, 2.05) is 24.3 Å². The summed E-state index contributed by atoms with van der Waals surface area (Å²) in [6.45, 7) is 0.300. The van der Waals surface area contributed by atoms with Crippen LogP contribution in [0.3, 0.4) is 0 Å². The van der Waals surface area contributed by atoms with E-state index in [0.717, 1.165) is 45.5 Å². The van der Waals surface area contributed by atoms with E-state index in [1.165, 1.54) is 29.5 Å². The minimum atomic E-state index is -4.39. The highest BCUT2D eigenvalue weighted by molar-refractivity contribution is 7.19. The van der Waals surface area contributed by atoms with Gasteiger partial charge in [-0.2, -0.15) is 13.2 Å². The summed E-state index contributed by atoms with van der Waals surface area (Å²) in [6.07, 6.45) is -0.580. The third-order valence-corrected chi connectivity index (χ3v) is 7.08. The molecule has 3 aromatic carbocycles. The van der Waals surface area contributed by atoms with E-state index in [2.05, 4.69) is 15.3 Å². The maximum Gasteiger partial charge on any atom is 0.416 e. The van der Waals surface area contributed by atoms with E-state index < -0.39 is 29.4 Å². The van der Waals surface area contributed by atoms with Gasteiger partial charge in [0, 0.05) is 35.9 Å². The second kappa shape index (κ2) is 10.5. The van der Waals surface area contributed by atoms with Gasteiger partial charge in [0.25, 0.3) is 0 Å². The molecule has 0 aliphatic rings. The zero-order chi connectivity index (χ0) is 26.9. The number of benzene rings is 3. The van der Waals surface area contributed by atoms with Crippen molar-refractivity contribution >= 4 is 27.2 Å². The number of aromatic nitrogens is 2. The number of nitrogens with one attached hydrogen (secondary N) is 1. The molecule has 0 bridgehead atoms. The Kier molecular flexibility index (Phi) is 7.09. The van der Waals surface area contributed by atoms with E-state index in [1.54, 1.807) is 12.4 Å². The molecule has 0 radical (unpaired) electrons. The Bertz CT molecular complexity index is 1580. The molecule has 194 valence electrons. The standard InChI is InChI=1S/C28H21F5N4S/c29-23-8-5-18(13-24(23)30)25-26(19-3-4-20-14-35-10-9-17(20)12-19)38-27(37-25)36-15-22(34)11-16-1-6-21(7-2-16)28(31,32)33/h1-10,12-14,22H,11,15,34H2,(H,36,37). The van der Waals surface area contributed by atoms with Gasteiger partial charge < -0.3 is 11.1 Å². The molecule has 0 saturated heterocycles. The fourth-order valence-electron chi connectivity index (χ4n) is 4.08. The first-order valence-electron chi connectivity index (χ1n) is 11.6. The van der Waals surface area contributed by atoms with Gasteiger partial charge in [-0.15, -0.1) is 0 Å². The van der Waals surface area contributed by atoms with Crippen molar-refractivity contribution in [3.05, 3.63) is 102 Å². The van der Waals surface area contributed by atoms with Crippen molar-refractivity contribution in [1.82, 2.24) is 9.97 Å². The lowest BCUT2D eigenvalue weighted by molar-refractivity contribution is -0.137. The number of fused-ring (bicyclic) bond motifs is 1. The van der Waals surface area contributed by atoms with Gasteiger partial charge >= 0.3 is 6.18 Å². The summed E-state index contributed by atoms with van der Waals surface area (Å²) in [7, 11) is 0. The summed E-state index contributed by atoms with van der Waals surface area (Å²) in [5.74, 6) is -1.92. The van der Waals surface area contributed by atoms with Gasteiger partial charge in [0.2, 0.25) is 0 Å². The van der Waals surface area contributed by atoms with Crippen LogP contribution in [-0.4, -0.2) is 22.6 Å². The van der Waals surface area contributed by atoms with Crippen LogP contribution in [0.4, 0.5) is 27.1 Å². The number of anilines is 1. The molecular weight excluding hydrogens is 519 g/mol. The fraction of sp³-hybridized carbons (Fsp3) is 0.143. The molecule has 3 N–H and O–H groups in total. The fourth-order valence-corrected chi connectivity index (χ4v) is 5.07. The maximum atomic E-state index is 14.1. The van der Waals surface area contributed by atoms with Crippen LogP contribution < -0.4 is 11.1 Å². The Morgan fingerprint density at radius 1 is 0.868 bits per heavy atom. The quantitative estimate of drug-likeness (QED) is 0.213. The Morgan fingerprint density at radius 2 is 1.63 bits per heavy atom. The van der Waals surface area contributed by atoms with Crippen LogP contribution in [0.25, 0.3) is 32.5 Å². The lowest BCUT2D eigenvalue weighted by Gasteiger charge is -2.13. The highest BCUT2D eigenvalue weighted by Gasteiger charge is 2.30. The molecule has 0 saturated carbocycles. The van der Waals surface area contributed by atoms with E-state index in [-0.39, 0.29) is 0 Å². The Morgan fingerprint density at radius 3 is 2.37 bits per heavy atom. The van der Waals surface area contributed by atoms with Gasteiger partial charge in [0.05, 0.1) is 16.1 Å². The first kappa shape index (κ1) is 25.7. The number of alkyl halides is 3. The topological polar surface area (TPSA) is 63.8 Å². The van der Waals surface area contributed by atoms with Crippen LogP contribution in [0.15, 0.2) is 79.1 Å². The summed E-state index contributed by atoms with van der Waals surface area (Å²) in [5, 5.41) is 5.64. The monoisotopic (exact) mass is 540 g/mol. The third-order valence-electron chi connectivity index (χ3n) is 6.02. The molecule has 5 rings (SSSR count). The zero-order valence-corrected chi connectivity index (χ0v) is 20.6. The number of rotatable bonds is 7. The highest BCUT2D eigenvalue weighted by Crippen LogP contribution is 2.40. The summed E-state index contributed by atoms with van der Waals surface area (Å²) in [4.78, 5) is 9.54. The highest BCUT2D eigenvalue weighted by atomic mass is 32.1. The number of pyridine rings is 1. The van der Waals surface area contributed by atoms with Crippen LogP contribution in [-0.2, 0) is 12.6 Å². The van der Waals surface area contributed by atoms with Crippen LogP contribution in [0, 0.1) is 11.6 Å². The number of hydrogen-bond donors (Lipinski definition) is 2. The number of nitrogens with two attached hydrogens (primary N) is 1. The third kappa shape index (κ3) is 5.66. The smallest absolute Gasteiger partial charge is 0.360 e. The minimum Gasteiger partial charge on any atom is -0.360 e. The first-order chi connectivity index (χ1) is 18.2. The van der Waals surface area contributed by atoms with E-state index in [9.17, 15) is 22.0 Å². The Labute approximate surface area is 219 Å². The summed E-state index contributed by atoms with van der Waals surface area (Å²) in [6, 6.07) is 15.9. The number of nitrogens with zero attached hydrogens (tertiary/aromatic N) is 2. The van der Waals surface area contributed by atoms with Gasteiger partial charge in [-0.25, -0.2) is 13.8 Å². The number of thiazole rings is 1. The Balaban J connectivity index is 1.39. The van der Waals surface area contributed by atoms with Gasteiger partial charge in [0.15, 0.2) is 16.8 Å². The van der Waals surface area contributed by atoms with Gasteiger partial charge in [0.1, 0.15) is 0 Å². The molecule has 2 aromatic heterocycles. The summed E-state index contributed by atoms with van der Waals surface area (Å²) < 4.78 is 66.1. The van der Waals surface area contributed by atoms with Crippen molar-refractivity contribution in [2.75, 3.05) is 11.9 Å². The van der Waals surface area contributed by atoms with Crippen molar-refractivity contribution in [3.63, 3.8) is 0 Å². The molecule has 0 aliphatic carbocycles. The first-order valence-corrected chi connectivity index (χ1v) is 12.4. The average molecular weight is 541 g/mol.